The van der Waals surface area contributed by atoms with Gasteiger partial charge >= 0.3 is 0 Å². The van der Waals surface area contributed by atoms with E-state index in [2.05, 4.69) is 38.0 Å². The van der Waals surface area contributed by atoms with Crippen molar-refractivity contribution in [2.75, 3.05) is 6.54 Å². The molecule has 2 nitrogen and oxygen atoms in total. The lowest BCUT2D eigenvalue weighted by atomic mass is 10.0. The van der Waals surface area contributed by atoms with Gasteiger partial charge in [0.05, 0.1) is 5.84 Å². The lowest BCUT2D eigenvalue weighted by Gasteiger charge is -2.09. The normalized spacial score (nSPS) is 29.2. The van der Waals surface area contributed by atoms with E-state index in [0.717, 1.165) is 13.0 Å². The van der Waals surface area contributed by atoms with Crippen molar-refractivity contribution in [2.45, 2.75) is 59.4 Å². The van der Waals surface area contributed by atoms with Crippen molar-refractivity contribution in [1.29, 1.82) is 0 Å². The lowest BCUT2D eigenvalue weighted by molar-refractivity contribution is 0.457. The monoisotopic (exact) mass is 208 g/mol. The summed E-state index contributed by atoms with van der Waals surface area (Å²) in [7, 11) is 0. The van der Waals surface area contributed by atoms with E-state index >= 15 is 0 Å². The van der Waals surface area contributed by atoms with Gasteiger partial charge in [-0.15, -0.1) is 0 Å². The molecule has 1 fully saturated rings. The third-order valence-corrected chi connectivity index (χ3v) is 4.71. The largest absolute Gasteiger partial charge is 0.370 e. The summed E-state index contributed by atoms with van der Waals surface area (Å²) in [6.45, 7) is 10.4. The van der Waals surface area contributed by atoms with E-state index in [1.807, 2.05) is 0 Å². The van der Waals surface area contributed by atoms with Crippen molar-refractivity contribution in [1.82, 2.24) is 5.32 Å². The summed E-state index contributed by atoms with van der Waals surface area (Å²) in [5.74, 6) is 1.26. The predicted octanol–water partition coefficient (Wildman–Crippen LogP) is 2.98. The zero-order valence-electron chi connectivity index (χ0n) is 10.6. The molecule has 0 saturated heterocycles. The molecule has 2 heteroatoms. The van der Waals surface area contributed by atoms with Crippen molar-refractivity contribution < 1.29 is 0 Å². The summed E-state index contributed by atoms with van der Waals surface area (Å²) in [5.41, 5.74) is 0.837. The summed E-state index contributed by atoms with van der Waals surface area (Å²) in [5, 5.41) is 3.66. The molecule has 1 aliphatic heterocycles. The molecule has 0 aromatic rings. The van der Waals surface area contributed by atoms with Crippen LogP contribution < -0.4 is 5.32 Å². The van der Waals surface area contributed by atoms with Gasteiger partial charge in [0.1, 0.15) is 0 Å². The fraction of sp³-hybridized carbons (Fsp3) is 0.923. The van der Waals surface area contributed by atoms with Crippen molar-refractivity contribution >= 4 is 5.84 Å². The first kappa shape index (κ1) is 11.0. The average Bonchev–Trinajstić information content (AvgIpc) is 2.68. The predicted molar refractivity (Wildman–Crippen MR) is 65.3 cm³/mol. The highest BCUT2D eigenvalue weighted by atomic mass is 15.1. The molecule has 0 amide bonds. The van der Waals surface area contributed by atoms with Gasteiger partial charge in [-0.3, -0.25) is 4.99 Å². The first-order valence-electron chi connectivity index (χ1n) is 6.26. The van der Waals surface area contributed by atoms with Crippen LogP contribution in [0.3, 0.4) is 0 Å². The Hall–Kier alpha value is -0.530. The average molecular weight is 208 g/mol. The van der Waals surface area contributed by atoms with Gasteiger partial charge in [0.25, 0.3) is 0 Å². The topological polar surface area (TPSA) is 24.4 Å². The molecular formula is C13H24N2. The maximum atomic E-state index is 4.64. The molecule has 86 valence electrons. The molecule has 0 aromatic carbocycles. The number of aliphatic imine (C=N–C) groups is 1. The molecule has 1 heterocycles. The lowest BCUT2D eigenvalue weighted by Crippen LogP contribution is -2.29. The van der Waals surface area contributed by atoms with Crippen LogP contribution in [0.2, 0.25) is 0 Å². The Morgan fingerprint density at radius 2 is 1.73 bits per heavy atom. The number of hydrogen-bond acceptors (Lipinski definition) is 2. The Morgan fingerprint density at radius 1 is 1.07 bits per heavy atom. The summed E-state index contributed by atoms with van der Waals surface area (Å²) in [4.78, 5) is 4.64. The third kappa shape index (κ3) is 1.79. The van der Waals surface area contributed by atoms with E-state index < -0.39 is 0 Å². The summed E-state index contributed by atoms with van der Waals surface area (Å²) >= 11 is 0. The molecule has 0 atom stereocenters. The molecule has 1 saturated carbocycles. The molecule has 2 rings (SSSR count). The van der Waals surface area contributed by atoms with E-state index in [-0.39, 0.29) is 0 Å². The molecule has 1 N–H and O–H groups in total. The molecule has 0 bridgehead atoms. The summed E-state index contributed by atoms with van der Waals surface area (Å²) in [6, 6.07) is 0.613. The zero-order chi connectivity index (χ0) is 11.1. The van der Waals surface area contributed by atoms with Crippen LogP contribution in [-0.2, 0) is 0 Å². The SMILES string of the molecule is CC1(C)C(NC2=NCCCCC2)C1(C)C. The molecular weight excluding hydrogens is 184 g/mol. The van der Waals surface area contributed by atoms with E-state index in [1.165, 1.54) is 25.1 Å². The number of nitrogens with zero attached hydrogens (tertiary/aromatic N) is 1. The summed E-state index contributed by atoms with van der Waals surface area (Å²) < 4.78 is 0. The van der Waals surface area contributed by atoms with Crippen molar-refractivity contribution in [3.05, 3.63) is 0 Å². The first-order valence-corrected chi connectivity index (χ1v) is 6.26. The Kier molecular flexibility index (Phi) is 2.56. The first-order chi connectivity index (χ1) is 6.96. The van der Waals surface area contributed by atoms with Crippen molar-refractivity contribution in [3.8, 4) is 0 Å². The fourth-order valence-corrected chi connectivity index (χ4v) is 2.72. The van der Waals surface area contributed by atoms with Gasteiger partial charge in [-0.05, 0) is 23.7 Å². The highest BCUT2D eigenvalue weighted by molar-refractivity contribution is 5.83. The van der Waals surface area contributed by atoms with Gasteiger partial charge in [-0.25, -0.2) is 0 Å². The Bertz CT molecular complexity index is 262. The van der Waals surface area contributed by atoms with Crippen LogP contribution in [0.1, 0.15) is 53.4 Å². The van der Waals surface area contributed by atoms with Gasteiger partial charge in [0, 0.05) is 19.0 Å². The Morgan fingerprint density at radius 3 is 2.33 bits per heavy atom. The standard InChI is InChI=1S/C13H24N2/c1-12(2)11(13(12,3)4)15-10-8-6-5-7-9-14-10/h11H,5-9H2,1-4H3,(H,14,15). The fourth-order valence-electron chi connectivity index (χ4n) is 2.72. The van der Waals surface area contributed by atoms with Gasteiger partial charge in [-0.2, -0.15) is 0 Å². The Balaban J connectivity index is 1.96. The molecule has 0 aromatic heterocycles. The second-order valence-electron chi connectivity index (χ2n) is 6.16. The molecule has 0 spiro atoms. The van der Waals surface area contributed by atoms with Gasteiger partial charge in [0.15, 0.2) is 0 Å². The van der Waals surface area contributed by atoms with Crippen LogP contribution in [-0.4, -0.2) is 18.4 Å². The van der Waals surface area contributed by atoms with E-state index in [1.54, 1.807) is 0 Å². The van der Waals surface area contributed by atoms with Crippen LogP contribution in [0.5, 0.6) is 0 Å². The molecule has 2 aliphatic rings. The summed E-state index contributed by atoms with van der Waals surface area (Å²) in [6.07, 6.45) is 5.07. The van der Waals surface area contributed by atoms with Gasteiger partial charge < -0.3 is 5.32 Å². The van der Waals surface area contributed by atoms with Crippen molar-refractivity contribution in [3.63, 3.8) is 0 Å². The van der Waals surface area contributed by atoms with Gasteiger partial charge in [-0.1, -0.05) is 34.1 Å². The van der Waals surface area contributed by atoms with E-state index in [0.29, 0.717) is 16.9 Å². The quantitative estimate of drug-likeness (QED) is 0.704. The minimum Gasteiger partial charge on any atom is -0.370 e. The van der Waals surface area contributed by atoms with E-state index in [9.17, 15) is 0 Å². The van der Waals surface area contributed by atoms with Crippen LogP contribution in [0.4, 0.5) is 0 Å². The minimum atomic E-state index is 0.418. The zero-order valence-corrected chi connectivity index (χ0v) is 10.6. The number of nitrogens with one attached hydrogen (secondary N) is 1. The highest BCUT2D eigenvalue weighted by Gasteiger charge is 2.65. The molecule has 0 unspecified atom stereocenters. The van der Waals surface area contributed by atoms with Crippen LogP contribution in [0.25, 0.3) is 0 Å². The number of hydrogen-bond donors (Lipinski definition) is 1. The van der Waals surface area contributed by atoms with Crippen LogP contribution >= 0.6 is 0 Å². The second kappa shape index (κ2) is 3.50. The van der Waals surface area contributed by atoms with Gasteiger partial charge in [0.2, 0.25) is 0 Å². The van der Waals surface area contributed by atoms with Crippen molar-refractivity contribution in [2.24, 2.45) is 15.8 Å². The smallest absolute Gasteiger partial charge is 0.0965 e. The van der Waals surface area contributed by atoms with Crippen LogP contribution in [0, 0.1) is 10.8 Å². The molecule has 15 heavy (non-hydrogen) atoms. The number of amidine groups is 1. The number of rotatable bonds is 1. The molecule has 1 aliphatic carbocycles. The maximum Gasteiger partial charge on any atom is 0.0965 e. The Labute approximate surface area is 93.6 Å². The minimum absolute atomic E-state index is 0.418. The second-order valence-corrected chi connectivity index (χ2v) is 6.16. The molecule has 0 radical (unpaired) electrons. The highest BCUT2D eigenvalue weighted by Crippen LogP contribution is 2.62. The third-order valence-electron chi connectivity index (χ3n) is 4.71. The van der Waals surface area contributed by atoms with E-state index in [4.69, 9.17) is 0 Å². The maximum absolute atomic E-state index is 4.64. The van der Waals surface area contributed by atoms with Crippen LogP contribution in [0.15, 0.2) is 4.99 Å².